The van der Waals surface area contributed by atoms with Gasteiger partial charge in [-0.2, -0.15) is 4.98 Å². The first-order valence-corrected chi connectivity index (χ1v) is 10.3. The normalized spacial score (nSPS) is 17.8. The zero-order valence-electron chi connectivity index (χ0n) is 15.5. The molecule has 0 radical (unpaired) electrons. The molecular weight excluding hydrogens is 393 g/mol. The van der Waals surface area contributed by atoms with Gasteiger partial charge in [-0.1, -0.05) is 5.16 Å². The molecule has 3 aromatic heterocycles. The predicted molar refractivity (Wildman–Crippen MR) is 107 cm³/mol. The van der Waals surface area contributed by atoms with Crippen molar-refractivity contribution in [1.82, 2.24) is 25.0 Å². The van der Waals surface area contributed by atoms with Crippen LogP contribution in [0, 0.1) is 5.82 Å². The summed E-state index contributed by atoms with van der Waals surface area (Å²) < 4.78 is 19.3. The average molecular weight is 411 g/mol. The summed E-state index contributed by atoms with van der Waals surface area (Å²) >= 11 is 1.40. The van der Waals surface area contributed by atoms with E-state index in [0.717, 1.165) is 37.0 Å². The quantitative estimate of drug-likeness (QED) is 0.553. The van der Waals surface area contributed by atoms with Crippen LogP contribution in [0.3, 0.4) is 0 Å². The van der Waals surface area contributed by atoms with E-state index < -0.39 is 0 Å². The Balaban J connectivity index is 1.31. The van der Waals surface area contributed by atoms with Crippen LogP contribution >= 0.6 is 11.3 Å². The van der Waals surface area contributed by atoms with Gasteiger partial charge in [-0.05, 0) is 55.1 Å². The fourth-order valence-electron chi connectivity index (χ4n) is 3.73. The van der Waals surface area contributed by atoms with Crippen molar-refractivity contribution >= 4 is 21.6 Å². The first-order valence-electron chi connectivity index (χ1n) is 9.44. The van der Waals surface area contributed by atoms with Gasteiger partial charge in [0.2, 0.25) is 11.7 Å². The number of rotatable bonds is 4. The highest BCUT2D eigenvalue weighted by molar-refractivity contribution is 7.17. The molecule has 9 heteroatoms. The maximum absolute atomic E-state index is 13.1. The molecule has 1 atom stereocenters. The molecule has 148 valence electrons. The topological polar surface area (TPSA) is 87.9 Å². The van der Waals surface area contributed by atoms with E-state index in [1.807, 2.05) is 11.4 Å². The van der Waals surface area contributed by atoms with E-state index in [2.05, 4.69) is 25.0 Å². The van der Waals surface area contributed by atoms with Gasteiger partial charge in [-0.25, -0.2) is 9.37 Å². The first kappa shape index (κ1) is 18.1. The molecule has 1 fully saturated rings. The summed E-state index contributed by atoms with van der Waals surface area (Å²) in [6.07, 6.45) is 1.94. The van der Waals surface area contributed by atoms with Gasteiger partial charge in [0, 0.05) is 12.1 Å². The molecule has 0 spiro atoms. The third-order valence-corrected chi connectivity index (χ3v) is 6.04. The van der Waals surface area contributed by atoms with Crippen LogP contribution in [0.5, 0.6) is 0 Å². The summed E-state index contributed by atoms with van der Waals surface area (Å²) in [6.45, 7) is 2.23. The standard InChI is InChI=1S/C20H18FN5O2S/c21-14-5-3-12(4-6-14)18-24-20(28-25-18)13-2-1-8-26(10-13)11-16-22-15-7-9-29-17(15)19(27)23-16/h3-7,9,13H,1-2,8,10-11H2,(H,22,23,27). The number of hydrogen-bond donors (Lipinski definition) is 1. The first-order chi connectivity index (χ1) is 14.2. The number of aromatic nitrogens is 4. The Morgan fingerprint density at radius 1 is 1.24 bits per heavy atom. The summed E-state index contributed by atoms with van der Waals surface area (Å²) in [5, 5.41) is 5.93. The highest BCUT2D eigenvalue weighted by Gasteiger charge is 2.26. The van der Waals surface area contributed by atoms with Crippen LogP contribution in [0.25, 0.3) is 21.6 Å². The van der Waals surface area contributed by atoms with Crippen molar-refractivity contribution in [1.29, 1.82) is 0 Å². The van der Waals surface area contributed by atoms with Gasteiger partial charge in [0.25, 0.3) is 5.56 Å². The van der Waals surface area contributed by atoms with Gasteiger partial charge in [0.15, 0.2) is 0 Å². The third kappa shape index (κ3) is 3.70. The molecule has 7 nitrogen and oxygen atoms in total. The lowest BCUT2D eigenvalue weighted by atomic mass is 9.98. The van der Waals surface area contributed by atoms with Gasteiger partial charge in [-0.15, -0.1) is 11.3 Å². The van der Waals surface area contributed by atoms with Crippen LogP contribution in [0.1, 0.15) is 30.5 Å². The molecule has 0 bridgehead atoms. The Bertz CT molecular complexity index is 1200. The fourth-order valence-corrected chi connectivity index (χ4v) is 4.45. The minimum absolute atomic E-state index is 0.0885. The number of benzene rings is 1. The van der Waals surface area contributed by atoms with Gasteiger partial charge < -0.3 is 9.51 Å². The lowest BCUT2D eigenvalue weighted by Crippen LogP contribution is -2.35. The van der Waals surface area contributed by atoms with Gasteiger partial charge in [-0.3, -0.25) is 9.69 Å². The van der Waals surface area contributed by atoms with Crippen molar-refractivity contribution < 1.29 is 8.91 Å². The second kappa shape index (κ2) is 7.49. The van der Waals surface area contributed by atoms with Gasteiger partial charge >= 0.3 is 0 Å². The number of thiophene rings is 1. The van der Waals surface area contributed by atoms with E-state index in [1.165, 1.54) is 23.5 Å². The van der Waals surface area contributed by atoms with Gasteiger partial charge in [0.05, 0.1) is 18.0 Å². The lowest BCUT2D eigenvalue weighted by Gasteiger charge is -2.30. The largest absolute Gasteiger partial charge is 0.339 e. The minimum Gasteiger partial charge on any atom is -0.339 e. The van der Waals surface area contributed by atoms with Crippen LogP contribution in [-0.2, 0) is 6.54 Å². The van der Waals surface area contributed by atoms with E-state index in [1.54, 1.807) is 12.1 Å². The van der Waals surface area contributed by atoms with E-state index in [0.29, 0.717) is 28.8 Å². The Kier molecular flexibility index (Phi) is 4.69. The lowest BCUT2D eigenvalue weighted by molar-refractivity contribution is 0.177. The van der Waals surface area contributed by atoms with E-state index in [9.17, 15) is 9.18 Å². The SMILES string of the molecule is O=c1[nH]c(CN2CCCC(c3nc(-c4ccc(F)cc4)no3)C2)nc2ccsc12. The molecule has 4 heterocycles. The molecule has 29 heavy (non-hydrogen) atoms. The van der Waals surface area contributed by atoms with E-state index in [-0.39, 0.29) is 17.3 Å². The number of nitrogens with one attached hydrogen (secondary N) is 1. The number of H-pyrrole nitrogens is 1. The van der Waals surface area contributed by atoms with Crippen molar-refractivity contribution in [3.63, 3.8) is 0 Å². The number of halogens is 1. The van der Waals surface area contributed by atoms with E-state index in [4.69, 9.17) is 4.52 Å². The number of fused-ring (bicyclic) bond motifs is 1. The zero-order chi connectivity index (χ0) is 19.8. The number of hydrogen-bond acceptors (Lipinski definition) is 7. The highest BCUT2D eigenvalue weighted by Crippen LogP contribution is 2.28. The Labute approximate surface area is 169 Å². The van der Waals surface area contributed by atoms with Crippen LogP contribution in [-0.4, -0.2) is 38.1 Å². The number of likely N-dealkylation sites (tertiary alicyclic amines) is 1. The van der Waals surface area contributed by atoms with Crippen LogP contribution in [0.4, 0.5) is 4.39 Å². The molecule has 1 unspecified atom stereocenters. The smallest absolute Gasteiger partial charge is 0.268 e. The molecule has 1 N–H and O–H groups in total. The molecule has 0 saturated carbocycles. The molecule has 1 aliphatic rings. The summed E-state index contributed by atoms with van der Waals surface area (Å²) in [5.41, 5.74) is 1.37. The molecular formula is C20H18FN5O2S. The molecule has 1 aromatic carbocycles. The summed E-state index contributed by atoms with van der Waals surface area (Å²) in [4.78, 5) is 26.4. The van der Waals surface area contributed by atoms with Crippen molar-refractivity contribution in [2.24, 2.45) is 0 Å². The van der Waals surface area contributed by atoms with Gasteiger partial charge in [0.1, 0.15) is 16.3 Å². The Hall–Kier alpha value is -2.91. The van der Waals surface area contributed by atoms with Crippen LogP contribution in [0.15, 0.2) is 45.0 Å². The monoisotopic (exact) mass is 411 g/mol. The highest BCUT2D eigenvalue weighted by atomic mass is 32.1. The van der Waals surface area contributed by atoms with E-state index >= 15 is 0 Å². The Morgan fingerprint density at radius 3 is 2.97 bits per heavy atom. The molecule has 0 aliphatic carbocycles. The number of nitrogens with zero attached hydrogens (tertiary/aromatic N) is 4. The van der Waals surface area contributed by atoms with Crippen molar-refractivity contribution in [3.05, 3.63) is 63.6 Å². The van der Waals surface area contributed by atoms with Crippen LogP contribution < -0.4 is 5.56 Å². The average Bonchev–Trinajstić information content (AvgIpc) is 3.39. The molecule has 5 rings (SSSR count). The minimum atomic E-state index is -0.298. The summed E-state index contributed by atoms with van der Waals surface area (Å²) in [6, 6.07) is 7.91. The maximum Gasteiger partial charge on any atom is 0.268 e. The van der Waals surface area contributed by atoms with Crippen LogP contribution in [0.2, 0.25) is 0 Å². The van der Waals surface area contributed by atoms with Crippen molar-refractivity contribution in [3.8, 4) is 11.4 Å². The second-order valence-corrected chi connectivity index (χ2v) is 8.10. The third-order valence-electron chi connectivity index (χ3n) is 5.14. The Morgan fingerprint density at radius 2 is 2.10 bits per heavy atom. The van der Waals surface area contributed by atoms with Crippen molar-refractivity contribution in [2.75, 3.05) is 13.1 Å². The molecule has 1 saturated heterocycles. The second-order valence-electron chi connectivity index (χ2n) is 7.18. The summed E-state index contributed by atoms with van der Waals surface area (Å²) in [5.74, 6) is 1.53. The number of aromatic amines is 1. The molecule has 0 amide bonds. The fraction of sp³-hybridized carbons (Fsp3) is 0.300. The zero-order valence-corrected chi connectivity index (χ0v) is 16.3. The van der Waals surface area contributed by atoms with Crippen molar-refractivity contribution in [2.45, 2.75) is 25.3 Å². The molecule has 1 aliphatic heterocycles. The maximum atomic E-state index is 13.1. The summed E-state index contributed by atoms with van der Waals surface area (Å²) in [7, 11) is 0. The number of piperidine rings is 1. The predicted octanol–water partition coefficient (Wildman–Crippen LogP) is 3.55. The molecule has 4 aromatic rings.